The lowest BCUT2D eigenvalue weighted by atomic mass is 9.87. The van der Waals surface area contributed by atoms with E-state index in [1.807, 2.05) is 36.4 Å². The molecule has 1 amide bonds. The zero-order valence-electron chi connectivity index (χ0n) is 17.5. The molecule has 2 aromatic carbocycles. The maximum atomic E-state index is 12.5. The number of carbonyl (C=O) groups excluding carboxylic acids is 1. The molecule has 2 aromatic rings. The SMILES string of the molecule is CC(C)(C)c1ccc(OCc2ccc(C(=O)NC3CCCCCC3)cc2)cc1. The highest BCUT2D eigenvalue weighted by Gasteiger charge is 2.16. The fraction of sp³-hybridized carbons (Fsp3) is 0.480. The minimum absolute atomic E-state index is 0.0390. The van der Waals surface area contributed by atoms with Gasteiger partial charge in [-0.2, -0.15) is 0 Å². The van der Waals surface area contributed by atoms with E-state index in [1.165, 1.54) is 31.2 Å². The summed E-state index contributed by atoms with van der Waals surface area (Å²) in [7, 11) is 0. The second-order valence-electron chi connectivity index (χ2n) is 8.92. The van der Waals surface area contributed by atoms with Crippen LogP contribution in [0.15, 0.2) is 48.5 Å². The lowest BCUT2D eigenvalue weighted by Crippen LogP contribution is -2.34. The Morgan fingerprint density at radius 1 is 0.929 bits per heavy atom. The largest absolute Gasteiger partial charge is 0.489 e. The van der Waals surface area contributed by atoms with Gasteiger partial charge in [0, 0.05) is 11.6 Å². The third-order valence-electron chi connectivity index (χ3n) is 5.53. The number of nitrogens with one attached hydrogen (secondary N) is 1. The second kappa shape index (κ2) is 9.27. The summed E-state index contributed by atoms with van der Waals surface area (Å²) in [5, 5.41) is 3.20. The number of hydrogen-bond donors (Lipinski definition) is 1. The molecule has 0 heterocycles. The summed E-state index contributed by atoms with van der Waals surface area (Å²) in [5.74, 6) is 0.903. The predicted molar refractivity (Wildman–Crippen MR) is 115 cm³/mol. The van der Waals surface area contributed by atoms with Gasteiger partial charge in [-0.1, -0.05) is 70.7 Å². The van der Waals surface area contributed by atoms with Crippen LogP contribution in [0.3, 0.4) is 0 Å². The number of benzene rings is 2. The van der Waals surface area contributed by atoms with E-state index in [9.17, 15) is 4.79 Å². The molecule has 3 heteroatoms. The Kier molecular flexibility index (Phi) is 6.77. The molecule has 28 heavy (non-hydrogen) atoms. The summed E-state index contributed by atoms with van der Waals surface area (Å²) in [6, 6.07) is 16.4. The summed E-state index contributed by atoms with van der Waals surface area (Å²) < 4.78 is 5.89. The van der Waals surface area contributed by atoms with Gasteiger partial charge < -0.3 is 10.1 Å². The first-order valence-electron chi connectivity index (χ1n) is 10.5. The van der Waals surface area contributed by atoms with Gasteiger partial charge in [0.15, 0.2) is 0 Å². The van der Waals surface area contributed by atoms with E-state index in [-0.39, 0.29) is 11.3 Å². The maximum Gasteiger partial charge on any atom is 0.251 e. The van der Waals surface area contributed by atoms with Crippen molar-refractivity contribution in [3.05, 3.63) is 65.2 Å². The van der Waals surface area contributed by atoms with Crippen LogP contribution in [-0.2, 0) is 12.0 Å². The fourth-order valence-electron chi connectivity index (χ4n) is 3.66. The quantitative estimate of drug-likeness (QED) is 0.646. The first-order valence-corrected chi connectivity index (χ1v) is 10.5. The van der Waals surface area contributed by atoms with Gasteiger partial charge in [0.1, 0.15) is 12.4 Å². The number of ether oxygens (including phenoxy) is 1. The normalized spacial score (nSPS) is 15.7. The van der Waals surface area contributed by atoms with E-state index >= 15 is 0 Å². The highest BCUT2D eigenvalue weighted by atomic mass is 16.5. The summed E-state index contributed by atoms with van der Waals surface area (Å²) >= 11 is 0. The van der Waals surface area contributed by atoms with Gasteiger partial charge in [-0.05, 0) is 53.6 Å². The van der Waals surface area contributed by atoms with Crippen LogP contribution in [0.4, 0.5) is 0 Å². The van der Waals surface area contributed by atoms with Crippen molar-refractivity contribution in [3.63, 3.8) is 0 Å². The number of hydrogen-bond acceptors (Lipinski definition) is 2. The fourth-order valence-corrected chi connectivity index (χ4v) is 3.66. The van der Waals surface area contributed by atoms with Crippen LogP contribution in [0, 0.1) is 0 Å². The predicted octanol–water partition coefficient (Wildman–Crippen LogP) is 6.02. The van der Waals surface area contributed by atoms with Crippen LogP contribution < -0.4 is 10.1 Å². The summed E-state index contributed by atoms with van der Waals surface area (Å²) in [4.78, 5) is 12.5. The Morgan fingerprint density at radius 2 is 1.54 bits per heavy atom. The van der Waals surface area contributed by atoms with Crippen molar-refractivity contribution in [1.29, 1.82) is 0 Å². The van der Waals surface area contributed by atoms with E-state index in [0.29, 0.717) is 12.6 Å². The molecule has 0 aliphatic heterocycles. The van der Waals surface area contributed by atoms with Crippen LogP contribution in [0.1, 0.15) is 80.8 Å². The standard InChI is InChI=1S/C25H33NO2/c1-25(2,3)21-14-16-23(17-15-21)28-18-19-10-12-20(13-11-19)24(27)26-22-8-6-4-5-7-9-22/h10-17,22H,4-9,18H2,1-3H3,(H,26,27). The van der Waals surface area contributed by atoms with Crippen LogP contribution >= 0.6 is 0 Å². The van der Waals surface area contributed by atoms with Gasteiger partial charge in [0.05, 0.1) is 0 Å². The minimum atomic E-state index is 0.0390. The zero-order valence-corrected chi connectivity index (χ0v) is 17.5. The molecular formula is C25H33NO2. The first kappa shape index (κ1) is 20.4. The number of amides is 1. The topological polar surface area (TPSA) is 38.3 Å². The maximum absolute atomic E-state index is 12.5. The van der Waals surface area contributed by atoms with Gasteiger partial charge in [0.25, 0.3) is 5.91 Å². The Balaban J connectivity index is 1.52. The van der Waals surface area contributed by atoms with E-state index < -0.39 is 0 Å². The van der Waals surface area contributed by atoms with Crippen molar-refractivity contribution in [2.24, 2.45) is 0 Å². The van der Waals surface area contributed by atoms with Crippen molar-refractivity contribution in [1.82, 2.24) is 5.32 Å². The second-order valence-corrected chi connectivity index (χ2v) is 8.92. The summed E-state index contributed by atoms with van der Waals surface area (Å²) in [6.45, 7) is 7.11. The van der Waals surface area contributed by atoms with Crippen molar-refractivity contribution in [3.8, 4) is 5.75 Å². The molecular weight excluding hydrogens is 346 g/mol. The molecule has 0 unspecified atom stereocenters. The van der Waals surface area contributed by atoms with Gasteiger partial charge >= 0.3 is 0 Å². The lowest BCUT2D eigenvalue weighted by molar-refractivity contribution is 0.0933. The Labute approximate surface area is 169 Å². The zero-order chi connectivity index (χ0) is 20.0. The molecule has 0 radical (unpaired) electrons. The molecule has 0 saturated heterocycles. The van der Waals surface area contributed by atoms with Crippen molar-refractivity contribution in [2.75, 3.05) is 0 Å². The summed E-state index contributed by atoms with van der Waals surface area (Å²) in [6.07, 6.45) is 7.23. The average Bonchev–Trinajstić information content (AvgIpc) is 2.95. The van der Waals surface area contributed by atoms with E-state index in [2.05, 4.69) is 38.2 Å². The minimum Gasteiger partial charge on any atom is -0.489 e. The highest BCUT2D eigenvalue weighted by molar-refractivity contribution is 5.94. The molecule has 3 rings (SSSR count). The van der Waals surface area contributed by atoms with E-state index in [0.717, 1.165) is 29.7 Å². The van der Waals surface area contributed by atoms with Crippen molar-refractivity contribution >= 4 is 5.91 Å². The molecule has 1 aliphatic rings. The first-order chi connectivity index (χ1) is 13.4. The van der Waals surface area contributed by atoms with Crippen LogP contribution in [0.5, 0.6) is 5.75 Å². The molecule has 1 saturated carbocycles. The van der Waals surface area contributed by atoms with Crippen molar-refractivity contribution < 1.29 is 9.53 Å². The average molecular weight is 380 g/mol. The van der Waals surface area contributed by atoms with Crippen LogP contribution in [0.2, 0.25) is 0 Å². The Bertz CT molecular complexity index is 749. The molecule has 0 atom stereocenters. The molecule has 0 aromatic heterocycles. The third kappa shape index (κ3) is 5.85. The van der Waals surface area contributed by atoms with Crippen LogP contribution in [-0.4, -0.2) is 11.9 Å². The van der Waals surface area contributed by atoms with Gasteiger partial charge in [-0.3, -0.25) is 4.79 Å². The Hall–Kier alpha value is -2.29. The molecule has 150 valence electrons. The van der Waals surface area contributed by atoms with E-state index in [1.54, 1.807) is 0 Å². The van der Waals surface area contributed by atoms with Gasteiger partial charge in [0.2, 0.25) is 0 Å². The Morgan fingerprint density at radius 3 is 2.11 bits per heavy atom. The monoisotopic (exact) mass is 379 g/mol. The van der Waals surface area contributed by atoms with Gasteiger partial charge in [-0.25, -0.2) is 0 Å². The van der Waals surface area contributed by atoms with Gasteiger partial charge in [-0.15, -0.1) is 0 Å². The van der Waals surface area contributed by atoms with Crippen molar-refractivity contribution in [2.45, 2.75) is 77.4 Å². The highest BCUT2D eigenvalue weighted by Crippen LogP contribution is 2.24. The van der Waals surface area contributed by atoms with E-state index in [4.69, 9.17) is 4.74 Å². The van der Waals surface area contributed by atoms with Crippen LogP contribution in [0.25, 0.3) is 0 Å². The number of rotatable bonds is 5. The molecule has 1 N–H and O–H groups in total. The summed E-state index contributed by atoms with van der Waals surface area (Å²) in [5.41, 5.74) is 3.23. The molecule has 0 bridgehead atoms. The third-order valence-corrected chi connectivity index (χ3v) is 5.53. The lowest BCUT2D eigenvalue weighted by Gasteiger charge is -2.19. The smallest absolute Gasteiger partial charge is 0.251 e. The molecule has 3 nitrogen and oxygen atoms in total. The molecule has 0 spiro atoms. The number of carbonyl (C=O) groups is 1. The molecule has 1 aliphatic carbocycles. The molecule has 1 fully saturated rings.